The first kappa shape index (κ1) is 21.5. The standard InChI is InChI=1S/C11H18O10S2/c1-7(11(13)21-6-9(3)23(17,18)19)4-10(12)20-5-8(2)22(14,15)16/h8-9H,1,4-6H2,2-3H3,(H,14,15,16)(H,17,18,19). The topological polar surface area (TPSA) is 161 Å². The van der Waals surface area contributed by atoms with E-state index in [-0.39, 0.29) is 5.57 Å². The van der Waals surface area contributed by atoms with Crippen molar-refractivity contribution in [2.75, 3.05) is 13.2 Å². The molecule has 134 valence electrons. The number of esters is 2. The van der Waals surface area contributed by atoms with Crippen molar-refractivity contribution in [3.05, 3.63) is 12.2 Å². The summed E-state index contributed by atoms with van der Waals surface area (Å²) in [5.41, 5.74) is -0.350. The van der Waals surface area contributed by atoms with Crippen LogP contribution in [0.4, 0.5) is 0 Å². The van der Waals surface area contributed by atoms with Crippen LogP contribution in [-0.2, 0) is 39.3 Å². The van der Waals surface area contributed by atoms with E-state index < -0.39 is 62.3 Å². The monoisotopic (exact) mass is 374 g/mol. The normalized spacial score (nSPS) is 14.6. The Kier molecular flexibility index (Phi) is 7.83. The maximum Gasteiger partial charge on any atom is 0.334 e. The molecule has 2 unspecified atom stereocenters. The average molecular weight is 374 g/mol. The minimum Gasteiger partial charge on any atom is -0.464 e. The third-order valence-electron chi connectivity index (χ3n) is 2.59. The molecule has 0 aromatic rings. The van der Waals surface area contributed by atoms with Gasteiger partial charge in [-0.15, -0.1) is 0 Å². The molecule has 0 fully saturated rings. The second kappa shape index (κ2) is 8.38. The number of hydrogen-bond donors (Lipinski definition) is 2. The molecule has 0 saturated heterocycles. The summed E-state index contributed by atoms with van der Waals surface area (Å²) in [6.45, 7) is 4.23. The average Bonchev–Trinajstić information content (AvgIpc) is 2.39. The Hall–Kier alpha value is -1.50. The SMILES string of the molecule is C=C(CC(=O)OCC(C)S(=O)(=O)O)C(=O)OCC(C)S(=O)(=O)O. The van der Waals surface area contributed by atoms with E-state index in [0.717, 1.165) is 13.8 Å². The van der Waals surface area contributed by atoms with E-state index in [9.17, 15) is 26.4 Å². The number of carbonyl (C=O) groups excluding carboxylic acids is 2. The summed E-state index contributed by atoms with van der Waals surface area (Å²) >= 11 is 0. The van der Waals surface area contributed by atoms with E-state index in [2.05, 4.69) is 16.1 Å². The van der Waals surface area contributed by atoms with E-state index in [1.807, 2.05) is 0 Å². The Balaban J connectivity index is 4.32. The summed E-state index contributed by atoms with van der Waals surface area (Å²) < 4.78 is 69.3. The molecule has 0 aromatic heterocycles. The molecule has 0 aliphatic carbocycles. The van der Waals surface area contributed by atoms with Crippen molar-refractivity contribution < 1.29 is 45.0 Å². The second-order valence-electron chi connectivity index (χ2n) is 4.71. The lowest BCUT2D eigenvalue weighted by Crippen LogP contribution is -2.26. The zero-order valence-electron chi connectivity index (χ0n) is 12.5. The summed E-state index contributed by atoms with van der Waals surface area (Å²) in [4.78, 5) is 22.8. The Labute approximate surface area is 134 Å². The van der Waals surface area contributed by atoms with Crippen molar-refractivity contribution in [1.82, 2.24) is 0 Å². The summed E-state index contributed by atoms with van der Waals surface area (Å²) in [5, 5.41) is -2.68. The fourth-order valence-electron chi connectivity index (χ4n) is 0.975. The quantitative estimate of drug-likeness (QED) is 0.308. The molecule has 2 N–H and O–H groups in total. The molecule has 23 heavy (non-hydrogen) atoms. The first-order valence-corrected chi connectivity index (χ1v) is 9.19. The predicted molar refractivity (Wildman–Crippen MR) is 77.7 cm³/mol. The fourth-order valence-corrected chi connectivity index (χ4v) is 1.45. The van der Waals surface area contributed by atoms with Gasteiger partial charge in [-0.2, -0.15) is 16.8 Å². The predicted octanol–water partition coefficient (Wildman–Crippen LogP) is -0.428. The van der Waals surface area contributed by atoms with Gasteiger partial charge in [-0.1, -0.05) is 6.58 Å². The number of hydrogen-bond acceptors (Lipinski definition) is 8. The van der Waals surface area contributed by atoms with E-state index >= 15 is 0 Å². The molecule has 0 rings (SSSR count). The van der Waals surface area contributed by atoms with E-state index in [0.29, 0.717) is 0 Å². The summed E-state index contributed by atoms with van der Waals surface area (Å²) in [5.74, 6) is -2.05. The van der Waals surface area contributed by atoms with Crippen LogP contribution in [-0.4, -0.2) is 61.6 Å². The van der Waals surface area contributed by atoms with Crippen molar-refractivity contribution in [3.63, 3.8) is 0 Å². The molecule has 0 spiro atoms. The van der Waals surface area contributed by atoms with Crippen LogP contribution in [0.15, 0.2) is 12.2 Å². The third kappa shape index (κ3) is 8.64. The van der Waals surface area contributed by atoms with Crippen LogP contribution < -0.4 is 0 Å². The minimum atomic E-state index is -4.36. The molecule has 0 radical (unpaired) electrons. The van der Waals surface area contributed by atoms with Gasteiger partial charge < -0.3 is 9.47 Å². The molecule has 0 saturated carbocycles. The molecule has 0 aliphatic heterocycles. The lowest BCUT2D eigenvalue weighted by atomic mass is 10.2. The molecule has 0 bridgehead atoms. The summed E-state index contributed by atoms with van der Waals surface area (Å²) in [6, 6.07) is 0. The Morgan fingerprint density at radius 3 is 1.74 bits per heavy atom. The number of ether oxygens (including phenoxy) is 2. The lowest BCUT2D eigenvalue weighted by molar-refractivity contribution is -0.146. The van der Waals surface area contributed by atoms with E-state index in [4.69, 9.17) is 9.11 Å². The van der Waals surface area contributed by atoms with Crippen LogP contribution in [0.25, 0.3) is 0 Å². The van der Waals surface area contributed by atoms with Gasteiger partial charge in [0, 0.05) is 5.57 Å². The molecule has 0 aliphatic rings. The van der Waals surface area contributed by atoms with Crippen molar-refractivity contribution in [3.8, 4) is 0 Å². The first-order valence-electron chi connectivity index (χ1n) is 6.18. The molecule has 10 nitrogen and oxygen atoms in total. The Morgan fingerprint density at radius 2 is 1.35 bits per heavy atom. The highest BCUT2D eigenvalue weighted by atomic mass is 32.2. The van der Waals surface area contributed by atoms with Gasteiger partial charge in [-0.05, 0) is 13.8 Å². The van der Waals surface area contributed by atoms with Crippen LogP contribution in [0.2, 0.25) is 0 Å². The van der Waals surface area contributed by atoms with Gasteiger partial charge in [-0.3, -0.25) is 13.9 Å². The highest BCUT2D eigenvalue weighted by Gasteiger charge is 2.23. The highest BCUT2D eigenvalue weighted by Crippen LogP contribution is 2.07. The molecular weight excluding hydrogens is 356 g/mol. The molecule has 0 amide bonds. The smallest absolute Gasteiger partial charge is 0.334 e. The van der Waals surface area contributed by atoms with Crippen LogP contribution >= 0.6 is 0 Å². The van der Waals surface area contributed by atoms with E-state index in [1.54, 1.807) is 0 Å². The second-order valence-corrected chi connectivity index (χ2v) is 8.38. The zero-order valence-corrected chi connectivity index (χ0v) is 14.1. The van der Waals surface area contributed by atoms with Gasteiger partial charge in [-0.25, -0.2) is 4.79 Å². The van der Waals surface area contributed by atoms with Gasteiger partial charge in [0.15, 0.2) is 0 Å². The minimum absolute atomic E-state index is 0.350. The molecule has 0 heterocycles. The maximum absolute atomic E-state index is 11.5. The van der Waals surface area contributed by atoms with Crippen LogP contribution in [0.3, 0.4) is 0 Å². The van der Waals surface area contributed by atoms with Gasteiger partial charge in [0.05, 0.1) is 6.42 Å². The van der Waals surface area contributed by atoms with Gasteiger partial charge >= 0.3 is 11.9 Å². The lowest BCUT2D eigenvalue weighted by Gasteiger charge is -2.11. The summed E-state index contributed by atoms with van der Waals surface area (Å²) in [6.07, 6.45) is -0.614. The highest BCUT2D eigenvalue weighted by molar-refractivity contribution is 7.86. The molecule has 0 aromatic carbocycles. The molecule has 12 heteroatoms. The molecular formula is C11H18O10S2. The number of rotatable bonds is 9. The Bertz CT molecular complexity index is 661. The van der Waals surface area contributed by atoms with Crippen LogP contribution in [0, 0.1) is 0 Å². The van der Waals surface area contributed by atoms with Crippen LogP contribution in [0.5, 0.6) is 0 Å². The largest absolute Gasteiger partial charge is 0.464 e. The Morgan fingerprint density at radius 1 is 0.957 bits per heavy atom. The van der Waals surface area contributed by atoms with Gasteiger partial charge in [0.1, 0.15) is 23.7 Å². The van der Waals surface area contributed by atoms with Gasteiger partial charge in [0.2, 0.25) is 0 Å². The fraction of sp³-hybridized carbons (Fsp3) is 0.636. The van der Waals surface area contributed by atoms with Gasteiger partial charge in [0.25, 0.3) is 20.2 Å². The summed E-state index contributed by atoms with van der Waals surface area (Å²) in [7, 11) is -8.71. The first-order chi connectivity index (χ1) is 10.2. The van der Waals surface area contributed by atoms with Crippen molar-refractivity contribution in [1.29, 1.82) is 0 Å². The van der Waals surface area contributed by atoms with Crippen molar-refractivity contribution in [2.24, 2.45) is 0 Å². The molecule has 2 atom stereocenters. The van der Waals surface area contributed by atoms with Crippen molar-refractivity contribution in [2.45, 2.75) is 30.8 Å². The zero-order chi connectivity index (χ0) is 18.4. The van der Waals surface area contributed by atoms with Crippen LogP contribution in [0.1, 0.15) is 20.3 Å². The maximum atomic E-state index is 11.5. The number of carbonyl (C=O) groups is 2. The third-order valence-corrected chi connectivity index (χ3v) is 4.90. The van der Waals surface area contributed by atoms with E-state index in [1.165, 1.54) is 0 Å². The van der Waals surface area contributed by atoms with Crippen molar-refractivity contribution >= 4 is 32.2 Å².